The molecule has 1 aromatic carbocycles. The molecular formula is C22H31N5O9. The highest BCUT2D eigenvalue weighted by Gasteiger charge is 2.28. The van der Waals surface area contributed by atoms with Gasteiger partial charge in [0.05, 0.1) is 6.04 Å². The van der Waals surface area contributed by atoms with Crippen molar-refractivity contribution in [3.05, 3.63) is 29.8 Å². The van der Waals surface area contributed by atoms with Crippen LogP contribution in [0, 0.1) is 0 Å². The van der Waals surface area contributed by atoms with Crippen LogP contribution in [0.1, 0.15) is 38.2 Å². The Balaban J connectivity index is 2.80. The van der Waals surface area contributed by atoms with E-state index in [2.05, 4.69) is 16.0 Å². The number of phenolic OH excluding ortho intramolecular Hbond substituents is 1. The predicted molar refractivity (Wildman–Crippen MR) is 124 cm³/mol. The Labute approximate surface area is 206 Å². The third-order valence-electron chi connectivity index (χ3n) is 5.05. The second-order valence-electron chi connectivity index (χ2n) is 8.11. The molecule has 10 N–H and O–H groups in total. The molecule has 1 aromatic rings. The van der Waals surface area contributed by atoms with E-state index in [1.54, 1.807) is 12.1 Å². The Morgan fingerprint density at radius 3 is 1.92 bits per heavy atom. The fourth-order valence-corrected chi connectivity index (χ4v) is 3.01. The van der Waals surface area contributed by atoms with Gasteiger partial charge in [-0.15, -0.1) is 0 Å². The third kappa shape index (κ3) is 10.8. The summed E-state index contributed by atoms with van der Waals surface area (Å²) in [5.41, 5.74) is 11.7. The molecule has 1 rings (SSSR count). The van der Waals surface area contributed by atoms with E-state index in [-0.39, 0.29) is 31.4 Å². The lowest BCUT2D eigenvalue weighted by molar-refractivity contribution is -0.143. The van der Waals surface area contributed by atoms with Crippen molar-refractivity contribution in [2.75, 3.05) is 0 Å². The van der Waals surface area contributed by atoms with E-state index in [1.165, 1.54) is 19.1 Å². The molecule has 0 radical (unpaired) electrons. The van der Waals surface area contributed by atoms with E-state index in [0.29, 0.717) is 5.56 Å². The number of carboxylic acids is 2. The number of nitrogens with one attached hydrogen (secondary N) is 3. The molecule has 0 saturated heterocycles. The average molecular weight is 510 g/mol. The molecule has 0 bridgehead atoms. The summed E-state index contributed by atoms with van der Waals surface area (Å²) in [6, 6.07) is 0.872. The van der Waals surface area contributed by atoms with Gasteiger partial charge in [0.1, 0.15) is 23.9 Å². The summed E-state index contributed by atoms with van der Waals surface area (Å²) >= 11 is 0. The van der Waals surface area contributed by atoms with Gasteiger partial charge in [-0.1, -0.05) is 12.1 Å². The van der Waals surface area contributed by atoms with Gasteiger partial charge in [0.25, 0.3) is 0 Å². The van der Waals surface area contributed by atoms with Gasteiger partial charge >= 0.3 is 11.9 Å². The fraction of sp³-hybridized carbons (Fsp3) is 0.455. The molecule has 0 aliphatic rings. The topological polar surface area (TPSA) is 251 Å². The summed E-state index contributed by atoms with van der Waals surface area (Å²) in [6.45, 7) is 1.26. The summed E-state index contributed by atoms with van der Waals surface area (Å²) in [5, 5.41) is 34.1. The van der Waals surface area contributed by atoms with Crippen LogP contribution >= 0.6 is 0 Å². The van der Waals surface area contributed by atoms with E-state index in [1.807, 2.05) is 0 Å². The molecule has 14 heteroatoms. The number of carbonyl (C=O) groups excluding carboxylic acids is 4. The van der Waals surface area contributed by atoms with E-state index in [4.69, 9.17) is 21.7 Å². The van der Waals surface area contributed by atoms with Crippen LogP contribution in [0.25, 0.3) is 0 Å². The first-order valence-corrected chi connectivity index (χ1v) is 11.0. The maximum Gasteiger partial charge on any atom is 0.326 e. The molecule has 0 aromatic heterocycles. The van der Waals surface area contributed by atoms with Gasteiger partial charge in [0, 0.05) is 12.8 Å². The van der Waals surface area contributed by atoms with Gasteiger partial charge in [0.2, 0.25) is 23.6 Å². The summed E-state index contributed by atoms with van der Waals surface area (Å²) in [6.07, 6.45) is -1.23. The smallest absolute Gasteiger partial charge is 0.326 e. The van der Waals surface area contributed by atoms with Gasteiger partial charge in [0.15, 0.2) is 0 Å². The number of aromatic hydroxyl groups is 1. The number of hydrogen-bond donors (Lipinski definition) is 8. The number of amides is 4. The maximum absolute atomic E-state index is 12.7. The summed E-state index contributed by atoms with van der Waals surface area (Å²) in [5.74, 6) is -5.85. The van der Waals surface area contributed by atoms with E-state index < -0.39 is 66.2 Å². The Kier molecular flexibility index (Phi) is 11.8. The van der Waals surface area contributed by atoms with Gasteiger partial charge in [-0.25, -0.2) is 4.79 Å². The lowest BCUT2D eigenvalue weighted by Gasteiger charge is -2.23. The standard InChI is InChI=1S/C22H31N5O9/c1-11(19(32)27-16(22(35)36)7-9-18(30)31)25-21(34)15(6-8-17(24)29)26-20(33)14(23)10-12-2-4-13(28)5-3-12/h2-5,11,14-16,28H,6-10,23H2,1H3,(H2,24,29)(H,25,34)(H,26,33)(H,27,32)(H,30,31)(H,35,36). The van der Waals surface area contributed by atoms with Crippen LogP contribution in [0.2, 0.25) is 0 Å². The molecule has 4 amide bonds. The molecule has 0 aliphatic carbocycles. The summed E-state index contributed by atoms with van der Waals surface area (Å²) < 4.78 is 0. The number of hydrogen-bond acceptors (Lipinski definition) is 8. The molecule has 0 saturated carbocycles. The number of rotatable bonds is 15. The highest BCUT2D eigenvalue weighted by Crippen LogP contribution is 2.11. The molecule has 198 valence electrons. The Morgan fingerprint density at radius 1 is 0.833 bits per heavy atom. The zero-order valence-corrected chi connectivity index (χ0v) is 19.6. The second-order valence-corrected chi connectivity index (χ2v) is 8.11. The Bertz CT molecular complexity index is 967. The molecule has 4 unspecified atom stereocenters. The minimum absolute atomic E-state index is 0.0367. The van der Waals surface area contributed by atoms with Gasteiger partial charge < -0.3 is 42.7 Å². The molecule has 0 fully saturated rings. The molecule has 14 nitrogen and oxygen atoms in total. The molecular weight excluding hydrogens is 478 g/mol. The fourth-order valence-electron chi connectivity index (χ4n) is 3.01. The van der Waals surface area contributed by atoms with Crippen molar-refractivity contribution >= 4 is 35.6 Å². The number of aliphatic carboxylic acids is 2. The maximum atomic E-state index is 12.7. The summed E-state index contributed by atoms with van der Waals surface area (Å²) in [7, 11) is 0. The highest BCUT2D eigenvalue weighted by molar-refractivity contribution is 5.94. The first kappa shape index (κ1) is 29.8. The van der Waals surface area contributed by atoms with Crippen molar-refractivity contribution in [2.24, 2.45) is 11.5 Å². The largest absolute Gasteiger partial charge is 0.508 e. The molecule has 0 aliphatic heterocycles. The lowest BCUT2D eigenvalue weighted by Crippen LogP contribution is -2.56. The first-order chi connectivity index (χ1) is 16.8. The lowest BCUT2D eigenvalue weighted by atomic mass is 10.0. The van der Waals surface area contributed by atoms with Crippen molar-refractivity contribution in [1.29, 1.82) is 0 Å². The van der Waals surface area contributed by atoms with Crippen molar-refractivity contribution < 1.29 is 44.1 Å². The number of carbonyl (C=O) groups is 6. The van der Waals surface area contributed by atoms with E-state index >= 15 is 0 Å². The Morgan fingerprint density at radius 2 is 1.39 bits per heavy atom. The number of primary amides is 1. The third-order valence-corrected chi connectivity index (χ3v) is 5.05. The quantitative estimate of drug-likeness (QED) is 0.128. The van der Waals surface area contributed by atoms with Gasteiger partial charge in [-0.2, -0.15) is 0 Å². The van der Waals surface area contributed by atoms with Crippen LogP contribution in [0.5, 0.6) is 5.75 Å². The zero-order valence-electron chi connectivity index (χ0n) is 19.6. The minimum atomic E-state index is -1.49. The molecule has 36 heavy (non-hydrogen) atoms. The number of carboxylic acid groups (broad SMARTS) is 2. The molecule has 4 atom stereocenters. The summed E-state index contributed by atoms with van der Waals surface area (Å²) in [4.78, 5) is 70.8. The zero-order chi connectivity index (χ0) is 27.4. The number of phenols is 1. The van der Waals surface area contributed by atoms with Crippen molar-refractivity contribution in [3.8, 4) is 5.75 Å². The number of benzene rings is 1. The van der Waals surface area contributed by atoms with E-state index in [9.17, 15) is 33.9 Å². The highest BCUT2D eigenvalue weighted by atomic mass is 16.4. The van der Waals surface area contributed by atoms with Crippen LogP contribution in [-0.4, -0.2) is 75.1 Å². The van der Waals surface area contributed by atoms with Crippen LogP contribution in [0.4, 0.5) is 0 Å². The van der Waals surface area contributed by atoms with Crippen molar-refractivity contribution in [3.63, 3.8) is 0 Å². The van der Waals surface area contributed by atoms with Crippen LogP contribution in [-0.2, 0) is 35.2 Å². The molecule has 0 spiro atoms. The van der Waals surface area contributed by atoms with Crippen LogP contribution in [0.15, 0.2) is 24.3 Å². The van der Waals surface area contributed by atoms with Crippen LogP contribution < -0.4 is 27.4 Å². The van der Waals surface area contributed by atoms with Gasteiger partial charge in [-0.05, 0) is 43.9 Å². The minimum Gasteiger partial charge on any atom is -0.508 e. The molecule has 0 heterocycles. The SMILES string of the molecule is CC(NC(=O)C(CCC(N)=O)NC(=O)C(N)Cc1ccc(O)cc1)C(=O)NC(CCC(=O)O)C(=O)O. The average Bonchev–Trinajstić information content (AvgIpc) is 2.79. The van der Waals surface area contributed by atoms with Crippen molar-refractivity contribution in [2.45, 2.75) is 63.2 Å². The predicted octanol–water partition coefficient (Wildman–Crippen LogP) is -2.05. The second kappa shape index (κ2) is 14.3. The number of nitrogens with two attached hydrogens (primary N) is 2. The monoisotopic (exact) mass is 509 g/mol. The first-order valence-electron chi connectivity index (χ1n) is 11.0. The Hall–Kier alpha value is -4.20. The normalized spacial score (nSPS) is 13.9. The van der Waals surface area contributed by atoms with Crippen LogP contribution in [0.3, 0.4) is 0 Å². The van der Waals surface area contributed by atoms with Crippen molar-refractivity contribution in [1.82, 2.24) is 16.0 Å². The van der Waals surface area contributed by atoms with Gasteiger partial charge in [-0.3, -0.25) is 24.0 Å². The van der Waals surface area contributed by atoms with E-state index in [0.717, 1.165) is 0 Å².